The van der Waals surface area contributed by atoms with E-state index in [1.165, 1.54) is 18.2 Å². The monoisotopic (exact) mass is 233 g/mol. The van der Waals surface area contributed by atoms with Gasteiger partial charge in [0.1, 0.15) is 6.29 Å². The Bertz CT molecular complexity index is 476. The minimum absolute atomic E-state index is 0.196. The van der Waals surface area contributed by atoms with Crippen LogP contribution in [0.25, 0.3) is 0 Å². The average molecular weight is 233 g/mol. The molecule has 1 aromatic rings. The van der Waals surface area contributed by atoms with Crippen molar-refractivity contribution in [3.63, 3.8) is 0 Å². The molecule has 2 N–H and O–H groups in total. The Morgan fingerprint density at radius 3 is 2.76 bits per heavy atom. The highest BCUT2D eigenvalue weighted by Gasteiger charge is 2.19. The fourth-order valence-electron chi connectivity index (χ4n) is 1.51. The van der Waals surface area contributed by atoms with E-state index in [9.17, 15) is 14.7 Å². The number of nitriles is 1. The lowest BCUT2D eigenvalue weighted by Gasteiger charge is -2.11. The predicted octanol–water partition coefficient (Wildman–Crippen LogP) is 1.07. The molecule has 5 nitrogen and oxygen atoms in total. The summed E-state index contributed by atoms with van der Waals surface area (Å²) in [5, 5.41) is 26.7. The molecule has 17 heavy (non-hydrogen) atoms. The first-order chi connectivity index (χ1) is 8.10. The molecule has 0 saturated carbocycles. The van der Waals surface area contributed by atoms with Gasteiger partial charge in [0.25, 0.3) is 0 Å². The van der Waals surface area contributed by atoms with Gasteiger partial charge in [-0.15, -0.1) is 0 Å². The Balaban J connectivity index is 3.14. The summed E-state index contributed by atoms with van der Waals surface area (Å²) >= 11 is 0. The third-order valence-electron chi connectivity index (χ3n) is 2.34. The molecule has 0 aromatic heterocycles. The van der Waals surface area contributed by atoms with E-state index < -0.39 is 12.1 Å². The van der Waals surface area contributed by atoms with Gasteiger partial charge in [-0.1, -0.05) is 12.1 Å². The number of carbonyl (C=O) groups excluding carboxylic acids is 1. The number of nitrogens with zero attached hydrogens (tertiary/aromatic N) is 1. The number of carboxylic acid groups (broad SMARTS) is 1. The van der Waals surface area contributed by atoms with E-state index >= 15 is 0 Å². The number of carbonyl (C=O) groups is 2. The zero-order chi connectivity index (χ0) is 12.8. The Labute approximate surface area is 97.9 Å². The van der Waals surface area contributed by atoms with E-state index in [4.69, 9.17) is 10.4 Å². The van der Waals surface area contributed by atoms with Crippen LogP contribution in [-0.2, 0) is 11.2 Å². The number of aldehydes is 1. The molecular weight excluding hydrogens is 222 g/mol. The Morgan fingerprint density at radius 2 is 2.24 bits per heavy atom. The van der Waals surface area contributed by atoms with Crippen molar-refractivity contribution >= 4 is 12.3 Å². The van der Waals surface area contributed by atoms with Crippen LogP contribution >= 0.6 is 0 Å². The number of hydrogen-bond donors (Lipinski definition) is 2. The standard InChI is InChI=1S/C12H11NO4/c13-5-1-2-9-6-8(7-14)3-4-10(9)11(15)12(16)17/h3-4,6-7,11,15H,1-2H2,(H,16,17). The molecule has 0 aliphatic rings. The van der Waals surface area contributed by atoms with Gasteiger partial charge in [0, 0.05) is 12.0 Å². The van der Waals surface area contributed by atoms with Gasteiger partial charge in [-0.3, -0.25) is 4.79 Å². The van der Waals surface area contributed by atoms with Crippen molar-refractivity contribution in [3.05, 3.63) is 34.9 Å². The topological polar surface area (TPSA) is 98.4 Å². The number of aryl methyl sites for hydroxylation is 1. The summed E-state index contributed by atoms with van der Waals surface area (Å²) in [5.74, 6) is -1.36. The molecule has 1 unspecified atom stereocenters. The Kier molecular flexibility index (Phi) is 4.37. The molecule has 0 amide bonds. The minimum atomic E-state index is -1.63. The van der Waals surface area contributed by atoms with Crippen LogP contribution in [0.1, 0.15) is 34.0 Å². The summed E-state index contributed by atoms with van der Waals surface area (Å²) in [6, 6.07) is 6.26. The van der Waals surface area contributed by atoms with Crippen molar-refractivity contribution in [3.8, 4) is 6.07 Å². The number of carboxylic acids is 1. The van der Waals surface area contributed by atoms with Crippen LogP contribution < -0.4 is 0 Å². The van der Waals surface area contributed by atoms with Gasteiger partial charge < -0.3 is 10.2 Å². The van der Waals surface area contributed by atoms with Crippen molar-refractivity contribution in [2.24, 2.45) is 0 Å². The number of benzene rings is 1. The largest absolute Gasteiger partial charge is 0.479 e. The molecule has 1 atom stereocenters. The summed E-state index contributed by atoms with van der Waals surface area (Å²) in [6.45, 7) is 0. The van der Waals surface area contributed by atoms with Crippen molar-refractivity contribution in [2.45, 2.75) is 18.9 Å². The van der Waals surface area contributed by atoms with Gasteiger partial charge >= 0.3 is 5.97 Å². The third-order valence-corrected chi connectivity index (χ3v) is 2.34. The normalized spacial score (nSPS) is 11.5. The highest BCUT2D eigenvalue weighted by atomic mass is 16.4. The molecule has 5 heteroatoms. The van der Waals surface area contributed by atoms with E-state index in [2.05, 4.69) is 0 Å². The summed E-state index contributed by atoms with van der Waals surface area (Å²) in [5.41, 5.74) is 1.11. The molecule has 0 aliphatic heterocycles. The van der Waals surface area contributed by atoms with Crippen LogP contribution in [0.15, 0.2) is 18.2 Å². The molecule has 0 saturated heterocycles. The highest BCUT2D eigenvalue weighted by Crippen LogP contribution is 2.21. The molecule has 88 valence electrons. The van der Waals surface area contributed by atoms with Crippen LogP contribution in [0.3, 0.4) is 0 Å². The first kappa shape index (κ1) is 12.9. The SMILES string of the molecule is N#CCCc1cc(C=O)ccc1C(O)C(=O)O. The van der Waals surface area contributed by atoms with Crippen LogP contribution in [0, 0.1) is 11.3 Å². The Hall–Kier alpha value is -2.19. The van der Waals surface area contributed by atoms with Gasteiger partial charge in [-0.25, -0.2) is 4.79 Å². The van der Waals surface area contributed by atoms with Gasteiger partial charge in [-0.05, 0) is 23.6 Å². The molecule has 1 rings (SSSR count). The van der Waals surface area contributed by atoms with Crippen molar-refractivity contribution < 1.29 is 19.8 Å². The maximum Gasteiger partial charge on any atom is 0.337 e. The molecule has 0 fully saturated rings. The van der Waals surface area contributed by atoms with E-state index in [-0.39, 0.29) is 12.0 Å². The molecular formula is C12H11NO4. The number of aliphatic carboxylic acids is 1. The minimum Gasteiger partial charge on any atom is -0.479 e. The predicted molar refractivity (Wildman–Crippen MR) is 58.4 cm³/mol. The third kappa shape index (κ3) is 3.13. The average Bonchev–Trinajstić information content (AvgIpc) is 2.34. The molecule has 1 aromatic carbocycles. The zero-order valence-electron chi connectivity index (χ0n) is 8.96. The van der Waals surface area contributed by atoms with E-state index in [1.807, 2.05) is 6.07 Å². The van der Waals surface area contributed by atoms with Gasteiger partial charge in [0.15, 0.2) is 6.10 Å². The first-order valence-electron chi connectivity index (χ1n) is 4.96. The number of aliphatic hydroxyl groups excluding tert-OH is 1. The van der Waals surface area contributed by atoms with Gasteiger partial charge in [-0.2, -0.15) is 5.26 Å². The lowest BCUT2D eigenvalue weighted by atomic mass is 9.96. The number of aliphatic hydroxyl groups is 1. The van der Waals surface area contributed by atoms with E-state index in [0.717, 1.165) is 0 Å². The quantitative estimate of drug-likeness (QED) is 0.741. The van der Waals surface area contributed by atoms with Crippen LogP contribution in [0.5, 0.6) is 0 Å². The molecule has 0 heterocycles. The van der Waals surface area contributed by atoms with Crippen molar-refractivity contribution in [1.29, 1.82) is 5.26 Å². The van der Waals surface area contributed by atoms with Gasteiger partial charge in [0.05, 0.1) is 6.07 Å². The zero-order valence-corrected chi connectivity index (χ0v) is 8.96. The molecule has 0 spiro atoms. The fraction of sp³-hybridized carbons (Fsp3) is 0.250. The second kappa shape index (κ2) is 5.77. The highest BCUT2D eigenvalue weighted by molar-refractivity contribution is 5.78. The van der Waals surface area contributed by atoms with Crippen LogP contribution in [-0.4, -0.2) is 22.5 Å². The number of rotatable bonds is 5. The second-order valence-corrected chi connectivity index (χ2v) is 3.47. The lowest BCUT2D eigenvalue weighted by molar-refractivity contribution is -0.147. The maximum absolute atomic E-state index is 10.7. The molecule has 0 bridgehead atoms. The molecule has 0 aliphatic carbocycles. The first-order valence-corrected chi connectivity index (χ1v) is 4.96. The van der Waals surface area contributed by atoms with Crippen molar-refractivity contribution in [2.75, 3.05) is 0 Å². The molecule has 0 radical (unpaired) electrons. The maximum atomic E-state index is 10.7. The summed E-state index contributed by atoms with van der Waals surface area (Å²) in [6.07, 6.45) is -0.504. The van der Waals surface area contributed by atoms with E-state index in [0.29, 0.717) is 23.8 Å². The lowest BCUT2D eigenvalue weighted by Crippen LogP contribution is -2.13. The van der Waals surface area contributed by atoms with Crippen molar-refractivity contribution in [1.82, 2.24) is 0 Å². The fourth-order valence-corrected chi connectivity index (χ4v) is 1.51. The number of hydrogen-bond acceptors (Lipinski definition) is 4. The smallest absolute Gasteiger partial charge is 0.337 e. The summed E-state index contributed by atoms with van der Waals surface area (Å²) < 4.78 is 0. The van der Waals surface area contributed by atoms with Gasteiger partial charge in [0.2, 0.25) is 0 Å². The second-order valence-electron chi connectivity index (χ2n) is 3.47. The van der Waals surface area contributed by atoms with Crippen LogP contribution in [0.2, 0.25) is 0 Å². The summed E-state index contributed by atoms with van der Waals surface area (Å²) in [7, 11) is 0. The Morgan fingerprint density at radius 1 is 1.53 bits per heavy atom. The summed E-state index contributed by atoms with van der Waals surface area (Å²) in [4.78, 5) is 21.3. The van der Waals surface area contributed by atoms with Crippen LogP contribution in [0.4, 0.5) is 0 Å². The van der Waals surface area contributed by atoms with E-state index in [1.54, 1.807) is 0 Å².